The number of aromatic nitrogens is 2. The lowest BCUT2D eigenvalue weighted by Crippen LogP contribution is -2.14. The van der Waals surface area contributed by atoms with Crippen molar-refractivity contribution in [3.8, 4) is 0 Å². The van der Waals surface area contributed by atoms with Gasteiger partial charge in [-0.1, -0.05) is 12.1 Å². The molecule has 1 aromatic carbocycles. The molecule has 4 N–H and O–H groups in total. The molecule has 1 amide bonds. The molecule has 1 heterocycles. The van der Waals surface area contributed by atoms with Crippen molar-refractivity contribution in [2.75, 3.05) is 11.1 Å². The van der Waals surface area contributed by atoms with Crippen LogP contribution in [0.5, 0.6) is 0 Å². The largest absolute Gasteiger partial charge is 0.394 e. The van der Waals surface area contributed by atoms with Gasteiger partial charge in [-0.3, -0.25) is 9.89 Å². The van der Waals surface area contributed by atoms with Crippen LogP contribution in [0.2, 0.25) is 0 Å². The molecule has 0 aliphatic heterocycles. The molecule has 2 rings (SSSR count). The lowest BCUT2D eigenvalue weighted by Gasteiger charge is -2.03. The number of aromatic amines is 1. The predicted molar refractivity (Wildman–Crippen MR) is 62.1 cm³/mol. The van der Waals surface area contributed by atoms with Crippen LogP contribution >= 0.6 is 0 Å². The molecule has 0 aliphatic carbocycles. The van der Waals surface area contributed by atoms with E-state index in [1.807, 2.05) is 0 Å². The van der Waals surface area contributed by atoms with Crippen LogP contribution in [0.3, 0.4) is 0 Å². The van der Waals surface area contributed by atoms with Gasteiger partial charge in [0.25, 0.3) is 5.91 Å². The minimum absolute atomic E-state index is 0.0486. The number of anilines is 2. The average Bonchev–Trinajstić information content (AvgIpc) is 2.61. The topological polar surface area (TPSA) is 83.8 Å². The molecule has 1 aromatic heterocycles. The first-order chi connectivity index (χ1) is 8.09. The molecule has 2 aromatic rings. The van der Waals surface area contributed by atoms with Crippen molar-refractivity contribution in [1.29, 1.82) is 0 Å². The second-order valence-electron chi connectivity index (χ2n) is 3.54. The first-order valence-electron chi connectivity index (χ1n) is 4.96. The summed E-state index contributed by atoms with van der Waals surface area (Å²) in [5.41, 5.74) is 6.61. The Morgan fingerprint density at radius 3 is 2.76 bits per heavy atom. The number of hydrogen-bond donors (Lipinski definition) is 3. The maximum atomic E-state index is 13.3. The van der Waals surface area contributed by atoms with Crippen LogP contribution in [0.15, 0.2) is 24.3 Å². The first kappa shape index (κ1) is 11.1. The molecule has 5 nitrogen and oxygen atoms in total. The van der Waals surface area contributed by atoms with Gasteiger partial charge >= 0.3 is 0 Å². The van der Waals surface area contributed by atoms with Gasteiger partial charge < -0.3 is 11.1 Å². The number of nitrogens with two attached hydrogens (primary N) is 1. The van der Waals surface area contributed by atoms with Crippen molar-refractivity contribution in [2.45, 2.75) is 6.92 Å². The molecule has 6 heteroatoms. The van der Waals surface area contributed by atoms with Crippen molar-refractivity contribution >= 4 is 17.4 Å². The van der Waals surface area contributed by atoms with E-state index in [0.717, 1.165) is 0 Å². The fourth-order valence-electron chi connectivity index (χ4n) is 1.35. The molecule has 0 unspecified atom stereocenters. The number of aryl methyl sites for hydroxylation is 1. The Morgan fingerprint density at radius 2 is 2.18 bits per heavy atom. The second kappa shape index (κ2) is 4.25. The number of hydrogen-bond acceptors (Lipinski definition) is 3. The fraction of sp³-hybridized carbons (Fsp3) is 0.0909. The summed E-state index contributed by atoms with van der Waals surface area (Å²) in [4.78, 5) is 11.7. The van der Waals surface area contributed by atoms with E-state index in [2.05, 4.69) is 15.5 Å². The molecule has 17 heavy (non-hydrogen) atoms. The van der Waals surface area contributed by atoms with Crippen molar-refractivity contribution in [3.63, 3.8) is 0 Å². The Labute approximate surface area is 96.8 Å². The van der Waals surface area contributed by atoms with Gasteiger partial charge in [0.15, 0.2) is 5.82 Å². The molecular weight excluding hydrogens is 223 g/mol. The number of nitrogen functional groups attached to an aromatic ring is 1. The standard InChI is InChI=1S/C11H11FN4O/c1-6-9(13)10(16-15-6)14-11(17)7-4-2-3-5-8(7)12/h2-5H,13H2,1H3,(H2,14,15,16,17). The third-order valence-electron chi connectivity index (χ3n) is 2.34. The van der Waals surface area contributed by atoms with Crippen molar-refractivity contribution in [1.82, 2.24) is 10.2 Å². The Morgan fingerprint density at radius 1 is 1.47 bits per heavy atom. The van der Waals surface area contributed by atoms with Crippen LogP contribution in [0.4, 0.5) is 15.9 Å². The zero-order chi connectivity index (χ0) is 12.4. The second-order valence-corrected chi connectivity index (χ2v) is 3.54. The normalized spacial score (nSPS) is 10.2. The smallest absolute Gasteiger partial charge is 0.259 e. The highest BCUT2D eigenvalue weighted by Crippen LogP contribution is 2.19. The lowest BCUT2D eigenvalue weighted by atomic mass is 10.2. The Kier molecular flexibility index (Phi) is 2.78. The highest BCUT2D eigenvalue weighted by atomic mass is 19.1. The number of halogens is 1. The number of nitrogens with one attached hydrogen (secondary N) is 2. The van der Waals surface area contributed by atoms with Gasteiger partial charge in [0, 0.05) is 0 Å². The molecule has 0 fully saturated rings. The summed E-state index contributed by atoms with van der Waals surface area (Å²) in [7, 11) is 0. The summed E-state index contributed by atoms with van der Waals surface area (Å²) in [6.45, 7) is 1.72. The van der Waals surface area contributed by atoms with E-state index in [-0.39, 0.29) is 11.4 Å². The monoisotopic (exact) mass is 234 g/mol. The molecule has 0 atom stereocenters. The molecular formula is C11H11FN4O. The number of nitrogens with zero attached hydrogens (tertiary/aromatic N) is 1. The van der Waals surface area contributed by atoms with Gasteiger partial charge in [-0.25, -0.2) is 4.39 Å². The van der Waals surface area contributed by atoms with E-state index in [1.165, 1.54) is 18.2 Å². The zero-order valence-corrected chi connectivity index (χ0v) is 9.12. The predicted octanol–water partition coefficient (Wildman–Crippen LogP) is 1.69. The molecule has 0 aliphatic rings. The summed E-state index contributed by atoms with van der Waals surface area (Å²) in [5.74, 6) is -0.965. The Hall–Kier alpha value is -2.37. The van der Waals surface area contributed by atoms with Gasteiger partial charge in [-0.15, -0.1) is 0 Å². The van der Waals surface area contributed by atoms with E-state index in [4.69, 9.17) is 5.73 Å². The summed E-state index contributed by atoms with van der Waals surface area (Å²) in [5, 5.41) is 8.87. The maximum absolute atomic E-state index is 13.3. The third-order valence-corrected chi connectivity index (χ3v) is 2.34. The van der Waals surface area contributed by atoms with Crippen molar-refractivity contribution in [3.05, 3.63) is 41.3 Å². The lowest BCUT2D eigenvalue weighted by molar-refractivity contribution is 0.102. The maximum Gasteiger partial charge on any atom is 0.259 e. The highest BCUT2D eigenvalue weighted by molar-refractivity contribution is 6.05. The number of amides is 1. The zero-order valence-electron chi connectivity index (χ0n) is 9.12. The van der Waals surface area contributed by atoms with E-state index < -0.39 is 11.7 Å². The first-order valence-corrected chi connectivity index (χ1v) is 4.96. The van der Waals surface area contributed by atoms with E-state index >= 15 is 0 Å². The number of benzene rings is 1. The minimum Gasteiger partial charge on any atom is -0.394 e. The van der Waals surface area contributed by atoms with Crippen LogP contribution < -0.4 is 11.1 Å². The number of carbonyl (C=O) groups excluding carboxylic acids is 1. The number of H-pyrrole nitrogens is 1. The third kappa shape index (κ3) is 2.10. The van der Waals surface area contributed by atoms with Crippen molar-refractivity contribution < 1.29 is 9.18 Å². The summed E-state index contributed by atoms with van der Waals surface area (Å²) in [6.07, 6.45) is 0. The van der Waals surface area contributed by atoms with Gasteiger partial charge in [-0.2, -0.15) is 5.10 Å². The summed E-state index contributed by atoms with van der Waals surface area (Å²) in [6, 6.07) is 5.70. The van der Waals surface area contributed by atoms with Crippen LogP contribution in [0, 0.1) is 12.7 Å². The van der Waals surface area contributed by atoms with Gasteiger partial charge in [0.1, 0.15) is 5.82 Å². The van der Waals surface area contributed by atoms with Gasteiger partial charge in [0.2, 0.25) is 0 Å². The molecule has 0 bridgehead atoms. The molecule has 0 saturated heterocycles. The van der Waals surface area contributed by atoms with E-state index in [1.54, 1.807) is 13.0 Å². The van der Waals surface area contributed by atoms with E-state index in [9.17, 15) is 9.18 Å². The average molecular weight is 234 g/mol. The van der Waals surface area contributed by atoms with Crippen LogP contribution in [-0.4, -0.2) is 16.1 Å². The molecule has 0 saturated carbocycles. The summed E-state index contributed by atoms with van der Waals surface area (Å²) < 4.78 is 13.3. The highest BCUT2D eigenvalue weighted by Gasteiger charge is 2.14. The summed E-state index contributed by atoms with van der Waals surface area (Å²) >= 11 is 0. The Bertz CT molecular complexity index is 564. The quantitative estimate of drug-likeness (QED) is 0.739. The number of carbonyl (C=O) groups is 1. The van der Waals surface area contributed by atoms with Crippen LogP contribution in [-0.2, 0) is 0 Å². The van der Waals surface area contributed by atoms with E-state index in [0.29, 0.717) is 11.4 Å². The van der Waals surface area contributed by atoms with Gasteiger partial charge in [0.05, 0.1) is 16.9 Å². The fourth-order valence-corrected chi connectivity index (χ4v) is 1.35. The van der Waals surface area contributed by atoms with Crippen LogP contribution in [0.25, 0.3) is 0 Å². The molecule has 0 radical (unpaired) electrons. The molecule has 88 valence electrons. The van der Waals surface area contributed by atoms with Gasteiger partial charge in [-0.05, 0) is 19.1 Å². The minimum atomic E-state index is -0.587. The SMILES string of the molecule is Cc1[nH]nc(NC(=O)c2ccccc2F)c1N. The van der Waals surface area contributed by atoms with Crippen LogP contribution in [0.1, 0.15) is 16.1 Å². The Balaban J connectivity index is 2.23. The number of rotatable bonds is 2. The van der Waals surface area contributed by atoms with Crippen molar-refractivity contribution in [2.24, 2.45) is 0 Å². The molecule has 0 spiro atoms.